The van der Waals surface area contributed by atoms with Crippen LogP contribution in [0.15, 0.2) is 61.0 Å². The monoisotopic (exact) mass is 340 g/mol. The fourth-order valence-corrected chi connectivity index (χ4v) is 2.55. The van der Waals surface area contributed by atoms with Gasteiger partial charge in [0.15, 0.2) is 0 Å². The third-order valence-electron chi connectivity index (χ3n) is 4.05. The zero-order chi connectivity index (χ0) is 17.8. The largest absolute Gasteiger partial charge is 0.349 e. The van der Waals surface area contributed by atoms with Crippen LogP contribution < -0.4 is 0 Å². The molecule has 1 aromatic rings. The third kappa shape index (κ3) is 14.2. The molecule has 0 aliphatic rings. The average molecular weight is 341 g/mol. The maximum Gasteiger partial charge on any atom is 0.105 e. The Morgan fingerprint density at radius 3 is 1.84 bits per heavy atom. The summed E-state index contributed by atoms with van der Waals surface area (Å²) in [6.07, 6.45) is 34.9. The van der Waals surface area contributed by atoms with E-state index in [1.54, 1.807) is 0 Å². The first-order valence-electron chi connectivity index (χ1n) is 10.0. The van der Waals surface area contributed by atoms with Crippen LogP contribution in [0.2, 0.25) is 0 Å². The number of allylic oxidation sites excluding steroid dienone is 8. The molecule has 0 bridgehead atoms. The predicted octanol–water partition coefficient (Wildman–Crippen LogP) is 7.10. The molecule has 0 saturated carbocycles. The molecule has 1 aromatic heterocycles. The summed E-state index contributed by atoms with van der Waals surface area (Å²) in [6.45, 7) is 2.25. The Kier molecular flexibility index (Phi) is 14.4. The molecule has 0 radical (unpaired) electrons. The van der Waals surface area contributed by atoms with Crippen LogP contribution in [0.25, 0.3) is 0 Å². The van der Waals surface area contributed by atoms with Crippen molar-refractivity contribution >= 4 is 0 Å². The number of nitrogens with one attached hydrogen (secondary N) is 1. The number of imidazole rings is 1. The molecule has 0 aromatic carbocycles. The third-order valence-corrected chi connectivity index (χ3v) is 4.05. The Balaban J connectivity index is 1.87. The number of hydrogen-bond donors (Lipinski definition) is 1. The molecule has 0 aliphatic heterocycles. The van der Waals surface area contributed by atoms with Gasteiger partial charge in [-0.3, -0.25) is 0 Å². The molecule has 2 nitrogen and oxygen atoms in total. The van der Waals surface area contributed by atoms with Crippen molar-refractivity contribution in [2.24, 2.45) is 0 Å². The topological polar surface area (TPSA) is 28.7 Å². The molecule has 25 heavy (non-hydrogen) atoms. The lowest BCUT2D eigenvalue weighted by Gasteiger charge is -1.95. The first-order chi connectivity index (χ1) is 12.4. The number of hydrogen-bond acceptors (Lipinski definition) is 1. The van der Waals surface area contributed by atoms with Crippen LogP contribution in [-0.2, 0) is 6.42 Å². The summed E-state index contributed by atoms with van der Waals surface area (Å²) in [4.78, 5) is 7.38. The lowest BCUT2D eigenvalue weighted by molar-refractivity contribution is 0.723. The van der Waals surface area contributed by atoms with Gasteiger partial charge in [0.2, 0.25) is 0 Å². The smallest absolute Gasteiger partial charge is 0.105 e. The fourth-order valence-electron chi connectivity index (χ4n) is 2.55. The molecule has 0 atom stereocenters. The highest BCUT2D eigenvalue weighted by Gasteiger charge is 1.92. The standard InChI is InChI=1S/C23H36N2/c1-2-3-4-5-6-7-8-9-10-11-12-13-14-15-16-17-18-19-20-23-24-21-22-25-23/h6-7,9-10,12-13,15-16,21-22H,2-5,8,11,14,17-20H2,1H3,(H,24,25). The zero-order valence-corrected chi connectivity index (χ0v) is 16.0. The first kappa shape index (κ1) is 21.2. The van der Waals surface area contributed by atoms with Gasteiger partial charge in [-0.2, -0.15) is 0 Å². The Labute approximate surface area is 154 Å². The summed E-state index contributed by atoms with van der Waals surface area (Å²) in [7, 11) is 0. The van der Waals surface area contributed by atoms with E-state index in [-0.39, 0.29) is 0 Å². The molecule has 0 amide bonds. The van der Waals surface area contributed by atoms with Crippen LogP contribution in [0.3, 0.4) is 0 Å². The van der Waals surface area contributed by atoms with E-state index in [4.69, 9.17) is 0 Å². The minimum absolute atomic E-state index is 1.04. The Hall–Kier alpha value is -1.83. The zero-order valence-electron chi connectivity index (χ0n) is 16.0. The molecule has 1 N–H and O–H groups in total. The summed E-state index contributed by atoms with van der Waals surface area (Å²) >= 11 is 0. The van der Waals surface area contributed by atoms with Crippen molar-refractivity contribution in [3.8, 4) is 0 Å². The maximum atomic E-state index is 4.24. The molecule has 138 valence electrons. The second-order valence-corrected chi connectivity index (χ2v) is 6.37. The SMILES string of the molecule is CCCCCC=CCC=CCC=CCC=CCCCCc1ncc[nH]1. The van der Waals surface area contributed by atoms with Gasteiger partial charge in [-0.25, -0.2) is 4.98 Å². The van der Waals surface area contributed by atoms with Crippen molar-refractivity contribution < 1.29 is 0 Å². The Morgan fingerprint density at radius 2 is 1.32 bits per heavy atom. The van der Waals surface area contributed by atoms with Gasteiger partial charge in [0, 0.05) is 18.8 Å². The Morgan fingerprint density at radius 1 is 0.760 bits per heavy atom. The minimum Gasteiger partial charge on any atom is -0.349 e. The van der Waals surface area contributed by atoms with E-state index < -0.39 is 0 Å². The number of rotatable bonds is 15. The number of aryl methyl sites for hydroxylation is 1. The molecular weight excluding hydrogens is 304 g/mol. The first-order valence-corrected chi connectivity index (χ1v) is 10.0. The summed E-state index contributed by atoms with van der Waals surface area (Å²) in [6, 6.07) is 0. The number of H-pyrrole nitrogens is 1. The van der Waals surface area contributed by atoms with E-state index in [2.05, 4.69) is 65.5 Å². The lowest BCUT2D eigenvalue weighted by Crippen LogP contribution is -1.87. The molecule has 0 fully saturated rings. The molecule has 0 aliphatic carbocycles. The number of aromatic nitrogens is 2. The van der Waals surface area contributed by atoms with E-state index in [9.17, 15) is 0 Å². The van der Waals surface area contributed by atoms with Crippen molar-refractivity contribution in [2.75, 3.05) is 0 Å². The normalized spacial score (nSPS) is 12.5. The van der Waals surface area contributed by atoms with Crippen molar-refractivity contribution in [2.45, 2.75) is 77.6 Å². The van der Waals surface area contributed by atoms with Crippen LogP contribution in [0.5, 0.6) is 0 Å². The second-order valence-electron chi connectivity index (χ2n) is 6.37. The molecule has 0 spiro atoms. The molecule has 1 rings (SSSR count). The van der Waals surface area contributed by atoms with Crippen LogP contribution in [-0.4, -0.2) is 9.97 Å². The van der Waals surface area contributed by atoms with Crippen molar-refractivity contribution in [3.05, 3.63) is 66.8 Å². The van der Waals surface area contributed by atoms with Crippen LogP contribution >= 0.6 is 0 Å². The van der Waals surface area contributed by atoms with Gasteiger partial charge in [-0.1, -0.05) is 68.4 Å². The van der Waals surface area contributed by atoms with Gasteiger partial charge in [0.1, 0.15) is 5.82 Å². The van der Waals surface area contributed by atoms with Crippen LogP contribution in [0.4, 0.5) is 0 Å². The maximum absolute atomic E-state index is 4.24. The van der Waals surface area contributed by atoms with E-state index in [0.717, 1.165) is 31.5 Å². The van der Waals surface area contributed by atoms with Gasteiger partial charge in [0.05, 0.1) is 0 Å². The van der Waals surface area contributed by atoms with E-state index >= 15 is 0 Å². The number of nitrogens with zero attached hydrogens (tertiary/aromatic N) is 1. The highest BCUT2D eigenvalue weighted by Crippen LogP contribution is 2.03. The molecular formula is C23H36N2. The summed E-state index contributed by atoms with van der Waals surface area (Å²) < 4.78 is 0. The van der Waals surface area contributed by atoms with Crippen molar-refractivity contribution in [1.29, 1.82) is 0 Å². The lowest BCUT2D eigenvalue weighted by atomic mass is 10.1. The molecule has 2 heteroatoms. The average Bonchev–Trinajstić information content (AvgIpc) is 3.14. The highest BCUT2D eigenvalue weighted by molar-refractivity contribution is 4.99. The molecule has 1 heterocycles. The van der Waals surface area contributed by atoms with Gasteiger partial charge in [0.25, 0.3) is 0 Å². The summed E-state index contributed by atoms with van der Waals surface area (Å²) in [5.74, 6) is 1.10. The van der Waals surface area contributed by atoms with Crippen LogP contribution in [0, 0.1) is 0 Å². The van der Waals surface area contributed by atoms with E-state index in [0.29, 0.717) is 0 Å². The quantitative estimate of drug-likeness (QED) is 0.268. The summed E-state index contributed by atoms with van der Waals surface area (Å²) in [5.41, 5.74) is 0. The van der Waals surface area contributed by atoms with Gasteiger partial charge >= 0.3 is 0 Å². The minimum atomic E-state index is 1.04. The molecule has 0 unspecified atom stereocenters. The van der Waals surface area contributed by atoms with Gasteiger partial charge < -0.3 is 4.98 Å². The van der Waals surface area contributed by atoms with E-state index in [1.165, 1.54) is 44.9 Å². The van der Waals surface area contributed by atoms with E-state index in [1.807, 2.05) is 12.4 Å². The molecule has 0 saturated heterocycles. The van der Waals surface area contributed by atoms with Crippen LogP contribution in [0.1, 0.15) is 77.0 Å². The number of unbranched alkanes of at least 4 members (excludes halogenated alkanes) is 5. The number of aromatic amines is 1. The van der Waals surface area contributed by atoms with Crippen molar-refractivity contribution in [3.63, 3.8) is 0 Å². The van der Waals surface area contributed by atoms with Gasteiger partial charge in [-0.15, -0.1) is 0 Å². The van der Waals surface area contributed by atoms with Gasteiger partial charge in [-0.05, 0) is 51.4 Å². The Bertz CT molecular complexity index is 492. The fraction of sp³-hybridized carbons (Fsp3) is 0.522. The highest BCUT2D eigenvalue weighted by atomic mass is 14.9. The summed E-state index contributed by atoms with van der Waals surface area (Å²) in [5, 5.41) is 0. The van der Waals surface area contributed by atoms with Crippen molar-refractivity contribution in [1.82, 2.24) is 9.97 Å². The second kappa shape index (κ2) is 17.0. The predicted molar refractivity (Wildman–Crippen MR) is 111 cm³/mol.